The normalized spacial score (nSPS) is 18.1. The molecule has 3 fully saturated rings. The maximum Gasteiger partial charge on any atom is 0.259 e. The van der Waals surface area contributed by atoms with Crippen molar-refractivity contribution < 1.29 is 23.8 Å². The Kier molecular flexibility index (Phi) is 10.5. The van der Waals surface area contributed by atoms with Crippen molar-refractivity contribution in [3.05, 3.63) is 90.2 Å². The number of pyridine rings is 1. The molecule has 0 spiro atoms. The summed E-state index contributed by atoms with van der Waals surface area (Å²) in [6, 6.07) is 12.7. The molecule has 13 nitrogen and oxygen atoms in total. The zero-order valence-corrected chi connectivity index (χ0v) is 29.0. The number of hydrogen-bond acceptors (Lipinski definition) is 11. The molecule has 0 bridgehead atoms. The zero-order chi connectivity index (χ0) is 36.2. The molecule has 52 heavy (non-hydrogen) atoms. The summed E-state index contributed by atoms with van der Waals surface area (Å²) in [6.07, 6.45) is 8.14. The molecule has 0 radical (unpaired) electrons. The fraction of sp³-hybridized carbons (Fsp3) is 0.368. The molecule has 1 atom stereocenters. The number of carbonyl (C=O) groups is 2. The van der Waals surface area contributed by atoms with Crippen LogP contribution in [0.4, 0.5) is 33.2 Å². The average Bonchev–Trinajstić information content (AvgIpc) is 4.01. The zero-order valence-electron chi connectivity index (χ0n) is 29.0. The highest BCUT2D eigenvalue weighted by Crippen LogP contribution is 2.40. The summed E-state index contributed by atoms with van der Waals surface area (Å²) in [5.41, 5.74) is 3.56. The highest BCUT2D eigenvalue weighted by molar-refractivity contribution is 6.04. The van der Waals surface area contributed by atoms with Gasteiger partial charge in [0.2, 0.25) is 11.9 Å². The van der Waals surface area contributed by atoms with E-state index in [2.05, 4.69) is 59.2 Å². The highest BCUT2D eigenvalue weighted by atomic mass is 19.1. The third kappa shape index (κ3) is 7.78. The molecule has 270 valence electrons. The van der Waals surface area contributed by atoms with Crippen LogP contribution in [-0.2, 0) is 16.1 Å². The Morgan fingerprint density at radius 2 is 1.87 bits per heavy atom. The van der Waals surface area contributed by atoms with E-state index in [1.165, 1.54) is 30.7 Å². The summed E-state index contributed by atoms with van der Waals surface area (Å²) in [4.78, 5) is 47.9. The van der Waals surface area contributed by atoms with E-state index in [9.17, 15) is 19.1 Å². The van der Waals surface area contributed by atoms with E-state index in [0.29, 0.717) is 28.9 Å². The van der Waals surface area contributed by atoms with E-state index in [0.717, 1.165) is 69.8 Å². The number of rotatable bonds is 11. The van der Waals surface area contributed by atoms with E-state index in [4.69, 9.17) is 4.74 Å². The van der Waals surface area contributed by atoms with Gasteiger partial charge in [0.15, 0.2) is 5.82 Å². The highest BCUT2D eigenvalue weighted by Gasteiger charge is 2.31. The second-order valence-corrected chi connectivity index (χ2v) is 13.4. The number of anilines is 5. The summed E-state index contributed by atoms with van der Waals surface area (Å²) in [7, 11) is 0. The van der Waals surface area contributed by atoms with Gasteiger partial charge in [0.1, 0.15) is 18.0 Å². The Bertz CT molecular complexity index is 1970. The number of aliphatic hydroxyl groups is 1. The Hall–Kier alpha value is -5.31. The van der Waals surface area contributed by atoms with Crippen LogP contribution in [0.3, 0.4) is 0 Å². The SMILES string of the molecule is C=CC(=O)Nc1cc(Nc2ncnc(-c3ccnc(NC(=O)c4ccc(C5CC5)cc4F)c3CO)n2)ccc1N1CCN(C2CCOCC2)C[C@@H]1C. The number of hydrogen-bond donors (Lipinski definition) is 4. The Morgan fingerprint density at radius 3 is 2.60 bits per heavy atom. The van der Waals surface area contributed by atoms with Crippen LogP contribution < -0.4 is 20.9 Å². The molecule has 2 aromatic heterocycles. The van der Waals surface area contributed by atoms with Crippen molar-refractivity contribution in [2.75, 3.05) is 53.7 Å². The van der Waals surface area contributed by atoms with Crippen LogP contribution >= 0.6 is 0 Å². The molecule has 7 rings (SSSR count). The van der Waals surface area contributed by atoms with Crippen LogP contribution in [0.15, 0.2) is 67.6 Å². The lowest BCUT2D eigenvalue weighted by molar-refractivity contribution is -0.111. The molecule has 4 heterocycles. The van der Waals surface area contributed by atoms with Crippen LogP contribution in [0, 0.1) is 5.82 Å². The largest absolute Gasteiger partial charge is 0.392 e. The van der Waals surface area contributed by atoms with Crippen LogP contribution in [0.5, 0.6) is 0 Å². The predicted molar refractivity (Wildman–Crippen MR) is 196 cm³/mol. The molecule has 14 heteroatoms. The molecule has 3 aliphatic rings. The van der Waals surface area contributed by atoms with Crippen molar-refractivity contribution in [3.63, 3.8) is 0 Å². The number of carbonyl (C=O) groups excluding carboxylic acids is 2. The average molecular weight is 708 g/mol. The van der Waals surface area contributed by atoms with Crippen molar-refractivity contribution in [1.82, 2.24) is 24.8 Å². The van der Waals surface area contributed by atoms with Crippen molar-refractivity contribution >= 4 is 40.6 Å². The number of aliphatic hydroxyl groups excluding tert-OH is 1. The number of nitrogens with one attached hydrogen (secondary N) is 3. The lowest BCUT2D eigenvalue weighted by Crippen LogP contribution is -2.56. The number of ether oxygens (including phenoxy) is 1. The van der Waals surface area contributed by atoms with E-state index in [1.807, 2.05) is 18.2 Å². The fourth-order valence-corrected chi connectivity index (χ4v) is 7.02. The van der Waals surface area contributed by atoms with Crippen LogP contribution in [0.25, 0.3) is 11.4 Å². The molecule has 2 aliphatic heterocycles. The first kappa shape index (κ1) is 35.1. The van der Waals surface area contributed by atoms with Gasteiger partial charge in [-0.3, -0.25) is 14.5 Å². The lowest BCUT2D eigenvalue weighted by Gasteiger charge is -2.45. The van der Waals surface area contributed by atoms with Crippen LogP contribution in [0.2, 0.25) is 0 Å². The van der Waals surface area contributed by atoms with Gasteiger partial charge in [-0.15, -0.1) is 0 Å². The number of benzene rings is 2. The van der Waals surface area contributed by atoms with Crippen molar-refractivity contribution in [3.8, 4) is 11.4 Å². The van der Waals surface area contributed by atoms with Gasteiger partial charge in [-0.25, -0.2) is 19.3 Å². The molecule has 4 aromatic rings. The third-order valence-electron chi connectivity index (χ3n) is 9.92. The molecule has 1 aliphatic carbocycles. The topological polar surface area (TPSA) is 158 Å². The molecule has 2 aromatic carbocycles. The van der Waals surface area contributed by atoms with E-state index >= 15 is 0 Å². The fourth-order valence-electron chi connectivity index (χ4n) is 7.02. The van der Waals surface area contributed by atoms with Gasteiger partial charge in [0.05, 0.1) is 23.5 Å². The van der Waals surface area contributed by atoms with Crippen LogP contribution in [-0.4, -0.2) is 86.7 Å². The van der Waals surface area contributed by atoms with Gasteiger partial charge < -0.3 is 30.7 Å². The number of aromatic nitrogens is 4. The van der Waals surface area contributed by atoms with E-state index in [-0.39, 0.29) is 40.7 Å². The second-order valence-electron chi connectivity index (χ2n) is 13.4. The number of nitrogens with zero attached hydrogens (tertiary/aromatic N) is 6. The summed E-state index contributed by atoms with van der Waals surface area (Å²) >= 11 is 0. The molecule has 4 N–H and O–H groups in total. The molecular weight excluding hydrogens is 665 g/mol. The summed E-state index contributed by atoms with van der Waals surface area (Å²) in [5.74, 6) is -0.789. The first-order valence-corrected chi connectivity index (χ1v) is 17.6. The molecule has 0 unspecified atom stereocenters. The smallest absolute Gasteiger partial charge is 0.259 e. The third-order valence-corrected chi connectivity index (χ3v) is 9.92. The van der Waals surface area contributed by atoms with E-state index < -0.39 is 18.3 Å². The van der Waals surface area contributed by atoms with Gasteiger partial charge in [-0.2, -0.15) is 4.98 Å². The minimum atomic E-state index is -0.685. The molecular formula is C38H42FN9O4. The van der Waals surface area contributed by atoms with Crippen molar-refractivity contribution in [2.45, 2.75) is 57.2 Å². The minimum Gasteiger partial charge on any atom is -0.392 e. The summed E-state index contributed by atoms with van der Waals surface area (Å²) in [6.45, 7) is 9.56. The van der Waals surface area contributed by atoms with E-state index in [1.54, 1.807) is 12.1 Å². The molecule has 2 saturated heterocycles. The van der Waals surface area contributed by atoms with Crippen molar-refractivity contribution in [1.29, 1.82) is 0 Å². The van der Waals surface area contributed by atoms with Crippen molar-refractivity contribution in [2.24, 2.45) is 0 Å². The Balaban J connectivity index is 1.09. The minimum absolute atomic E-state index is 0.0617. The predicted octanol–water partition coefficient (Wildman–Crippen LogP) is 5.25. The number of amides is 2. The molecule has 1 saturated carbocycles. The summed E-state index contributed by atoms with van der Waals surface area (Å²) in [5, 5.41) is 19.2. The standard InChI is InChI=1S/C38H42FN9O4/c1-3-34(50)44-32-19-26(7-9-33(32)48-15-14-47(20-23(48)2)27-11-16-52-17-12-27)43-38-42-22-41-35(46-38)28-10-13-40-36(30(28)21-49)45-37(51)29-8-6-25(18-31(29)39)24-4-5-24/h3,6-10,13,18-19,22-24,27,49H,1,4-5,11-12,14-17,20-21H2,2H3,(H,44,50)(H,40,45,51)(H,41,42,43,46)/t23-/m0/s1. The monoisotopic (exact) mass is 707 g/mol. The first-order valence-electron chi connectivity index (χ1n) is 17.6. The second kappa shape index (κ2) is 15.5. The van der Waals surface area contributed by atoms with Gasteiger partial charge in [-0.05, 0) is 86.6 Å². The Labute approximate surface area is 301 Å². The number of halogens is 1. The number of piperazine rings is 1. The first-order chi connectivity index (χ1) is 25.3. The maximum atomic E-state index is 14.9. The lowest BCUT2D eigenvalue weighted by atomic mass is 10.0. The Morgan fingerprint density at radius 1 is 1.04 bits per heavy atom. The van der Waals surface area contributed by atoms with Gasteiger partial charge in [0.25, 0.3) is 5.91 Å². The van der Waals surface area contributed by atoms with Gasteiger partial charge >= 0.3 is 0 Å². The maximum absolute atomic E-state index is 14.9. The van der Waals surface area contributed by atoms with Gasteiger partial charge in [0, 0.05) is 67.9 Å². The van der Waals surface area contributed by atoms with Crippen LogP contribution in [0.1, 0.15) is 60.0 Å². The van der Waals surface area contributed by atoms with Gasteiger partial charge in [-0.1, -0.05) is 12.6 Å². The molecule has 2 amide bonds. The quantitative estimate of drug-likeness (QED) is 0.151. The summed E-state index contributed by atoms with van der Waals surface area (Å²) < 4.78 is 20.4.